The molecule has 1 atom stereocenters. The second-order valence-electron chi connectivity index (χ2n) is 4.97. The van der Waals surface area contributed by atoms with Gasteiger partial charge in [0.2, 0.25) is 0 Å². The van der Waals surface area contributed by atoms with Crippen molar-refractivity contribution in [1.82, 2.24) is 5.32 Å². The van der Waals surface area contributed by atoms with Crippen LogP contribution in [0.25, 0.3) is 0 Å². The quantitative estimate of drug-likeness (QED) is 0.730. The summed E-state index contributed by atoms with van der Waals surface area (Å²) in [6, 6.07) is 7.13. The van der Waals surface area contributed by atoms with Gasteiger partial charge >= 0.3 is 0 Å². The maximum absolute atomic E-state index is 8.68. The van der Waals surface area contributed by atoms with Crippen molar-refractivity contribution < 1.29 is 9.84 Å². The summed E-state index contributed by atoms with van der Waals surface area (Å²) in [5, 5.41) is 12.0. The molecule has 0 aromatic heterocycles. The smallest absolute Gasteiger partial charge is 0.0698 e. The van der Waals surface area contributed by atoms with Crippen LogP contribution >= 0.6 is 0 Å². The van der Waals surface area contributed by atoms with E-state index in [1.165, 1.54) is 16.8 Å². The zero-order chi connectivity index (χ0) is 13.7. The molecule has 4 heteroatoms. The van der Waals surface area contributed by atoms with Crippen LogP contribution in [-0.2, 0) is 11.2 Å². The molecule has 106 valence electrons. The van der Waals surface area contributed by atoms with Gasteiger partial charge < -0.3 is 20.1 Å². The van der Waals surface area contributed by atoms with E-state index in [1.807, 2.05) is 7.05 Å². The molecule has 1 aliphatic heterocycles. The largest absolute Gasteiger partial charge is 0.394 e. The summed E-state index contributed by atoms with van der Waals surface area (Å²) in [4.78, 5) is 2.36. The van der Waals surface area contributed by atoms with E-state index >= 15 is 0 Å². The third-order valence-electron chi connectivity index (χ3n) is 3.77. The number of anilines is 1. The molecule has 0 fully saturated rings. The van der Waals surface area contributed by atoms with Crippen LogP contribution in [0.1, 0.15) is 24.1 Å². The molecule has 0 bridgehead atoms. The molecular formula is C15H24N2O2. The van der Waals surface area contributed by atoms with Gasteiger partial charge in [0.15, 0.2) is 0 Å². The van der Waals surface area contributed by atoms with Crippen molar-refractivity contribution in [3.63, 3.8) is 0 Å². The lowest BCUT2D eigenvalue weighted by Crippen LogP contribution is -2.25. The highest BCUT2D eigenvalue weighted by Gasteiger charge is 2.19. The summed E-state index contributed by atoms with van der Waals surface area (Å²) in [6.45, 7) is 5.34. The Bertz CT molecular complexity index is 409. The van der Waals surface area contributed by atoms with Crippen LogP contribution in [0.2, 0.25) is 0 Å². The average Bonchev–Trinajstić information content (AvgIpc) is 2.85. The summed E-state index contributed by atoms with van der Waals surface area (Å²) < 4.78 is 5.34. The van der Waals surface area contributed by atoms with Gasteiger partial charge in [-0.25, -0.2) is 0 Å². The first-order valence-electron chi connectivity index (χ1n) is 7.00. The molecule has 0 aliphatic carbocycles. The molecule has 0 amide bonds. The first-order valence-corrected chi connectivity index (χ1v) is 7.00. The van der Waals surface area contributed by atoms with Crippen LogP contribution in [-0.4, -0.2) is 45.1 Å². The first-order chi connectivity index (χ1) is 9.26. The Morgan fingerprint density at radius 1 is 1.42 bits per heavy atom. The minimum atomic E-state index is 0.0991. The Balaban J connectivity index is 1.97. The van der Waals surface area contributed by atoms with Gasteiger partial charge in [-0.3, -0.25) is 0 Å². The predicted molar refractivity (Wildman–Crippen MR) is 77.7 cm³/mol. The zero-order valence-electron chi connectivity index (χ0n) is 11.9. The maximum atomic E-state index is 8.68. The third kappa shape index (κ3) is 3.47. The molecule has 0 radical (unpaired) electrons. The predicted octanol–water partition coefficient (Wildman–Crippen LogP) is 1.34. The van der Waals surface area contributed by atoms with Gasteiger partial charge in [-0.2, -0.15) is 0 Å². The van der Waals surface area contributed by atoms with Gasteiger partial charge in [-0.1, -0.05) is 12.1 Å². The Hall–Kier alpha value is -1.10. The summed E-state index contributed by atoms with van der Waals surface area (Å²) in [5.41, 5.74) is 4.11. The minimum absolute atomic E-state index is 0.0991. The summed E-state index contributed by atoms with van der Waals surface area (Å²) >= 11 is 0. The van der Waals surface area contributed by atoms with E-state index in [2.05, 4.69) is 35.3 Å². The van der Waals surface area contributed by atoms with Crippen LogP contribution in [0.5, 0.6) is 0 Å². The molecule has 1 unspecified atom stereocenters. The fourth-order valence-electron chi connectivity index (χ4n) is 2.50. The van der Waals surface area contributed by atoms with Gasteiger partial charge in [-0.05, 0) is 37.6 Å². The zero-order valence-corrected chi connectivity index (χ0v) is 11.9. The number of fused-ring (bicyclic) bond motifs is 1. The molecule has 2 rings (SSSR count). The highest BCUT2D eigenvalue weighted by molar-refractivity contribution is 5.59. The van der Waals surface area contributed by atoms with Crippen LogP contribution in [0.4, 0.5) is 5.69 Å². The van der Waals surface area contributed by atoms with E-state index in [1.54, 1.807) is 0 Å². The van der Waals surface area contributed by atoms with Gasteiger partial charge in [0, 0.05) is 24.8 Å². The number of rotatable bonds is 7. The number of hydrogen-bond donors (Lipinski definition) is 2. The monoisotopic (exact) mass is 264 g/mol. The molecule has 1 heterocycles. The van der Waals surface area contributed by atoms with Gasteiger partial charge in [-0.15, -0.1) is 0 Å². The van der Waals surface area contributed by atoms with E-state index in [-0.39, 0.29) is 6.61 Å². The molecule has 1 aliphatic rings. The highest BCUT2D eigenvalue weighted by atomic mass is 16.5. The molecule has 0 spiro atoms. The van der Waals surface area contributed by atoms with Crippen LogP contribution in [0.3, 0.4) is 0 Å². The van der Waals surface area contributed by atoms with Crippen LogP contribution in [0.15, 0.2) is 18.2 Å². The highest BCUT2D eigenvalue weighted by Crippen LogP contribution is 2.30. The van der Waals surface area contributed by atoms with Crippen molar-refractivity contribution in [3.05, 3.63) is 29.3 Å². The molecule has 0 saturated carbocycles. The molecular weight excluding hydrogens is 240 g/mol. The van der Waals surface area contributed by atoms with Crippen molar-refractivity contribution in [2.24, 2.45) is 0 Å². The molecule has 4 nitrogen and oxygen atoms in total. The molecule has 19 heavy (non-hydrogen) atoms. The Kier molecular flexibility index (Phi) is 5.19. The summed E-state index contributed by atoms with van der Waals surface area (Å²) in [6.07, 6.45) is 1.11. The summed E-state index contributed by atoms with van der Waals surface area (Å²) in [7, 11) is 1.99. The van der Waals surface area contributed by atoms with Gasteiger partial charge in [0.05, 0.1) is 19.8 Å². The molecule has 2 N–H and O–H groups in total. The SMILES string of the molecule is CNC(C)c1ccc2c(c1)CCN2CCOCCO. The van der Waals surface area contributed by atoms with Gasteiger partial charge in [0.1, 0.15) is 0 Å². The van der Waals surface area contributed by atoms with E-state index in [9.17, 15) is 0 Å². The van der Waals surface area contributed by atoms with E-state index in [4.69, 9.17) is 9.84 Å². The van der Waals surface area contributed by atoms with Crippen molar-refractivity contribution in [2.45, 2.75) is 19.4 Å². The third-order valence-corrected chi connectivity index (χ3v) is 3.77. The number of nitrogens with zero attached hydrogens (tertiary/aromatic N) is 1. The van der Waals surface area contributed by atoms with Gasteiger partial charge in [0.25, 0.3) is 0 Å². The fraction of sp³-hybridized carbons (Fsp3) is 0.600. The average molecular weight is 264 g/mol. The topological polar surface area (TPSA) is 44.7 Å². The van der Waals surface area contributed by atoms with E-state index < -0.39 is 0 Å². The lowest BCUT2D eigenvalue weighted by molar-refractivity contribution is 0.0968. The standard InChI is InChI=1S/C15H24N2O2/c1-12(16-2)13-3-4-15-14(11-13)5-6-17(15)7-9-19-10-8-18/h3-4,11-12,16,18H,5-10H2,1-2H3. The normalized spacial score (nSPS) is 15.6. The Morgan fingerprint density at radius 2 is 2.26 bits per heavy atom. The van der Waals surface area contributed by atoms with Crippen molar-refractivity contribution >= 4 is 5.69 Å². The second-order valence-corrected chi connectivity index (χ2v) is 4.97. The number of aliphatic hydroxyl groups excluding tert-OH is 1. The van der Waals surface area contributed by atoms with Crippen molar-refractivity contribution in [3.8, 4) is 0 Å². The number of ether oxygens (including phenoxy) is 1. The van der Waals surface area contributed by atoms with Crippen LogP contribution < -0.4 is 10.2 Å². The van der Waals surface area contributed by atoms with Crippen LogP contribution in [0, 0.1) is 0 Å². The maximum Gasteiger partial charge on any atom is 0.0698 e. The second kappa shape index (κ2) is 6.89. The number of nitrogens with one attached hydrogen (secondary N) is 1. The number of benzene rings is 1. The molecule has 1 aromatic rings. The minimum Gasteiger partial charge on any atom is -0.394 e. The first kappa shape index (κ1) is 14.3. The van der Waals surface area contributed by atoms with E-state index in [0.717, 1.165) is 19.5 Å². The number of aliphatic hydroxyl groups is 1. The lowest BCUT2D eigenvalue weighted by Gasteiger charge is -2.20. The van der Waals surface area contributed by atoms with Crippen molar-refractivity contribution in [1.29, 1.82) is 0 Å². The molecule has 0 saturated heterocycles. The van der Waals surface area contributed by atoms with E-state index in [0.29, 0.717) is 19.3 Å². The summed E-state index contributed by atoms with van der Waals surface area (Å²) in [5.74, 6) is 0. The fourth-order valence-corrected chi connectivity index (χ4v) is 2.50. The Morgan fingerprint density at radius 3 is 3.00 bits per heavy atom. The molecule has 1 aromatic carbocycles. The lowest BCUT2D eigenvalue weighted by atomic mass is 10.0. The Labute approximate surface area is 115 Å². The van der Waals surface area contributed by atoms with Crippen molar-refractivity contribution in [2.75, 3.05) is 44.9 Å². The number of hydrogen-bond acceptors (Lipinski definition) is 4.